The summed E-state index contributed by atoms with van der Waals surface area (Å²) in [5.41, 5.74) is 12.6. The van der Waals surface area contributed by atoms with Crippen molar-refractivity contribution < 1.29 is 4.74 Å². The van der Waals surface area contributed by atoms with E-state index < -0.39 is 0 Å². The fraction of sp³-hybridized carbons (Fsp3) is 0.714. The molecule has 1 fully saturated rings. The van der Waals surface area contributed by atoms with Crippen LogP contribution in [0.3, 0.4) is 0 Å². The Kier molecular flexibility index (Phi) is 4.65. The minimum atomic E-state index is -0.0816. The topological polar surface area (TPSA) is 85.1 Å². The second-order valence-electron chi connectivity index (χ2n) is 6.32. The molecule has 0 bridgehead atoms. The molecule has 0 amide bonds. The van der Waals surface area contributed by atoms with Gasteiger partial charge in [0.25, 0.3) is 0 Å². The van der Waals surface area contributed by atoms with Gasteiger partial charge in [-0.3, -0.25) is 0 Å². The molecule has 6 heteroatoms. The third kappa shape index (κ3) is 4.23. The van der Waals surface area contributed by atoms with Crippen LogP contribution in [0.15, 0.2) is 6.33 Å². The van der Waals surface area contributed by atoms with Crippen LogP contribution in [0.5, 0.6) is 5.88 Å². The maximum Gasteiger partial charge on any atom is 0.242 e. The van der Waals surface area contributed by atoms with Crippen molar-refractivity contribution in [1.82, 2.24) is 15.4 Å². The van der Waals surface area contributed by atoms with Crippen molar-refractivity contribution in [3.63, 3.8) is 0 Å². The third-order valence-electron chi connectivity index (χ3n) is 3.23. The van der Waals surface area contributed by atoms with Crippen LogP contribution >= 0.6 is 0 Å². The van der Waals surface area contributed by atoms with Crippen LogP contribution < -0.4 is 21.3 Å². The van der Waals surface area contributed by atoms with Crippen molar-refractivity contribution in [2.45, 2.75) is 64.5 Å². The molecule has 1 aromatic heterocycles. The van der Waals surface area contributed by atoms with Gasteiger partial charge in [0.15, 0.2) is 5.82 Å². The van der Waals surface area contributed by atoms with Crippen LogP contribution in [0.2, 0.25) is 0 Å². The molecule has 0 aliphatic heterocycles. The van der Waals surface area contributed by atoms with Gasteiger partial charge in [-0.05, 0) is 46.5 Å². The molecule has 4 N–H and O–H groups in total. The Labute approximate surface area is 120 Å². The van der Waals surface area contributed by atoms with E-state index in [1.807, 2.05) is 0 Å². The molecular weight excluding hydrogens is 254 g/mol. The molecule has 0 saturated heterocycles. The number of nitrogens with two attached hydrogens (primary N) is 1. The van der Waals surface area contributed by atoms with Crippen LogP contribution in [0, 0.1) is 0 Å². The summed E-state index contributed by atoms with van der Waals surface area (Å²) in [4.78, 5) is 8.30. The molecule has 1 aliphatic rings. The molecule has 1 heterocycles. The lowest BCUT2D eigenvalue weighted by molar-refractivity contribution is 0.149. The first-order valence-corrected chi connectivity index (χ1v) is 7.26. The van der Waals surface area contributed by atoms with Gasteiger partial charge < -0.3 is 15.9 Å². The Bertz CT molecular complexity index is 438. The van der Waals surface area contributed by atoms with Crippen LogP contribution in [0.1, 0.15) is 52.9 Å². The van der Waals surface area contributed by atoms with E-state index in [0.29, 0.717) is 17.4 Å². The highest BCUT2D eigenvalue weighted by molar-refractivity contribution is 5.66. The molecule has 0 atom stereocenters. The van der Waals surface area contributed by atoms with Gasteiger partial charge in [-0.15, -0.1) is 0 Å². The minimum absolute atomic E-state index is 0.0816. The maximum absolute atomic E-state index is 6.08. The van der Waals surface area contributed by atoms with Crippen molar-refractivity contribution in [3.05, 3.63) is 6.33 Å². The quantitative estimate of drug-likeness (QED) is 0.734. The van der Waals surface area contributed by atoms with E-state index in [1.165, 1.54) is 25.6 Å². The second-order valence-corrected chi connectivity index (χ2v) is 6.32. The highest BCUT2D eigenvalue weighted by atomic mass is 16.5. The van der Waals surface area contributed by atoms with Crippen molar-refractivity contribution in [2.24, 2.45) is 0 Å². The van der Waals surface area contributed by atoms with Gasteiger partial charge >= 0.3 is 0 Å². The van der Waals surface area contributed by atoms with E-state index in [4.69, 9.17) is 10.5 Å². The van der Waals surface area contributed by atoms with E-state index in [-0.39, 0.29) is 11.6 Å². The van der Waals surface area contributed by atoms with Crippen LogP contribution in [0.4, 0.5) is 11.5 Å². The first kappa shape index (κ1) is 14.8. The zero-order chi connectivity index (χ0) is 14.6. The van der Waals surface area contributed by atoms with Crippen LogP contribution in [-0.2, 0) is 0 Å². The van der Waals surface area contributed by atoms with Gasteiger partial charge in [-0.2, -0.15) is 4.98 Å². The number of aromatic nitrogens is 2. The van der Waals surface area contributed by atoms with E-state index in [0.717, 1.165) is 12.8 Å². The number of rotatable bonds is 4. The molecule has 0 unspecified atom stereocenters. The van der Waals surface area contributed by atoms with E-state index >= 15 is 0 Å². The lowest BCUT2D eigenvalue weighted by Gasteiger charge is -2.24. The molecule has 20 heavy (non-hydrogen) atoms. The molecule has 6 nitrogen and oxygen atoms in total. The Morgan fingerprint density at radius 2 is 1.90 bits per heavy atom. The monoisotopic (exact) mass is 279 g/mol. The maximum atomic E-state index is 6.08. The summed E-state index contributed by atoms with van der Waals surface area (Å²) < 4.78 is 5.91. The van der Waals surface area contributed by atoms with E-state index in [9.17, 15) is 0 Å². The number of nitrogens with one attached hydrogen (secondary N) is 2. The van der Waals surface area contributed by atoms with Gasteiger partial charge in [0.05, 0.1) is 0 Å². The molecular formula is C14H25N5O. The summed E-state index contributed by atoms with van der Waals surface area (Å²) in [5, 5.41) is 0. The second kappa shape index (κ2) is 6.26. The van der Waals surface area contributed by atoms with Crippen molar-refractivity contribution >= 4 is 11.5 Å². The average molecular weight is 279 g/mol. The minimum Gasteiger partial charge on any atom is -0.473 e. The molecule has 0 spiro atoms. The fourth-order valence-electron chi connectivity index (χ4n) is 2.16. The lowest BCUT2D eigenvalue weighted by atomic mass is 9.98. The predicted octanol–water partition coefficient (Wildman–Crippen LogP) is 2.49. The standard InChI is InChI=1S/C14H25N5O/c1-14(2,3)19-18-12-11(15)13(17-9-16-12)20-10-7-5-4-6-8-10/h9-10,19H,4-8,15H2,1-3H3,(H,16,17,18). The number of hydrogen-bond acceptors (Lipinski definition) is 6. The molecule has 1 aromatic rings. The normalized spacial score (nSPS) is 16.9. The molecule has 0 aromatic carbocycles. The molecule has 112 valence electrons. The Morgan fingerprint density at radius 1 is 1.20 bits per heavy atom. The van der Waals surface area contributed by atoms with Crippen LogP contribution in [0.25, 0.3) is 0 Å². The summed E-state index contributed by atoms with van der Waals surface area (Å²) >= 11 is 0. The van der Waals surface area contributed by atoms with Gasteiger partial charge in [0, 0.05) is 5.54 Å². The number of nitrogens with zero attached hydrogens (tertiary/aromatic N) is 2. The third-order valence-corrected chi connectivity index (χ3v) is 3.23. The predicted molar refractivity (Wildman–Crippen MR) is 80.5 cm³/mol. The highest BCUT2D eigenvalue weighted by Gasteiger charge is 2.19. The van der Waals surface area contributed by atoms with Gasteiger partial charge in [0.1, 0.15) is 18.1 Å². The number of hydrazine groups is 1. The summed E-state index contributed by atoms with van der Waals surface area (Å²) in [6, 6.07) is 0. The number of hydrogen-bond donors (Lipinski definition) is 3. The largest absolute Gasteiger partial charge is 0.473 e. The van der Waals surface area contributed by atoms with E-state index in [2.05, 4.69) is 41.6 Å². The lowest BCUT2D eigenvalue weighted by Crippen LogP contribution is -2.40. The number of nitrogen functional groups attached to an aromatic ring is 1. The first-order chi connectivity index (χ1) is 9.46. The fourth-order valence-corrected chi connectivity index (χ4v) is 2.16. The summed E-state index contributed by atoms with van der Waals surface area (Å²) in [6.45, 7) is 6.16. The van der Waals surface area contributed by atoms with Gasteiger partial charge in [-0.25, -0.2) is 10.4 Å². The molecule has 0 radical (unpaired) electrons. The van der Waals surface area contributed by atoms with Gasteiger partial charge in [0.2, 0.25) is 5.88 Å². The molecule has 1 saturated carbocycles. The summed E-state index contributed by atoms with van der Waals surface area (Å²) in [7, 11) is 0. The van der Waals surface area contributed by atoms with Crippen molar-refractivity contribution in [2.75, 3.05) is 11.2 Å². The zero-order valence-corrected chi connectivity index (χ0v) is 12.6. The number of ether oxygens (including phenoxy) is 1. The Balaban J connectivity index is 2.02. The summed E-state index contributed by atoms with van der Waals surface area (Å²) in [5.74, 6) is 1.03. The van der Waals surface area contributed by atoms with Gasteiger partial charge in [-0.1, -0.05) is 6.42 Å². The highest BCUT2D eigenvalue weighted by Crippen LogP contribution is 2.28. The Morgan fingerprint density at radius 3 is 2.55 bits per heavy atom. The van der Waals surface area contributed by atoms with E-state index in [1.54, 1.807) is 0 Å². The molecule has 2 rings (SSSR count). The SMILES string of the molecule is CC(C)(C)NNc1ncnc(OC2CCCCC2)c1N. The van der Waals surface area contributed by atoms with Crippen molar-refractivity contribution in [1.29, 1.82) is 0 Å². The zero-order valence-electron chi connectivity index (χ0n) is 12.6. The number of anilines is 2. The summed E-state index contributed by atoms with van der Waals surface area (Å²) in [6.07, 6.45) is 7.57. The first-order valence-electron chi connectivity index (χ1n) is 7.26. The Hall–Kier alpha value is -1.56. The smallest absolute Gasteiger partial charge is 0.242 e. The van der Waals surface area contributed by atoms with Crippen LogP contribution in [-0.4, -0.2) is 21.6 Å². The molecule has 1 aliphatic carbocycles. The average Bonchev–Trinajstić information content (AvgIpc) is 2.40. The van der Waals surface area contributed by atoms with Crippen molar-refractivity contribution in [3.8, 4) is 5.88 Å².